The summed E-state index contributed by atoms with van der Waals surface area (Å²) >= 11 is 0. The maximum absolute atomic E-state index is 12.8. The van der Waals surface area contributed by atoms with Crippen molar-refractivity contribution in [2.75, 3.05) is 33.7 Å². The lowest BCUT2D eigenvalue weighted by molar-refractivity contribution is -0.138. The van der Waals surface area contributed by atoms with Gasteiger partial charge in [-0.2, -0.15) is 13.2 Å². The first-order chi connectivity index (χ1) is 19.0. The number of H-pyrrole nitrogens is 1. The molecule has 40 heavy (non-hydrogen) atoms. The van der Waals surface area contributed by atoms with Crippen molar-refractivity contribution < 1.29 is 23.1 Å². The molecule has 3 N–H and O–H groups in total. The molecule has 0 saturated carbocycles. The van der Waals surface area contributed by atoms with Gasteiger partial charge in [-0.1, -0.05) is 50.6 Å². The quantitative estimate of drug-likeness (QED) is 0.225. The SMILES string of the molecule is CCC.CNCCN(C)CCC(=O)O.Cc1ccc(-c2ccc(-c3nc4ccc(C(F)(F)F)cc4[nH]3)cc2)cn1. The number of imidazole rings is 1. The van der Waals surface area contributed by atoms with Crippen LogP contribution in [0.1, 0.15) is 37.9 Å². The summed E-state index contributed by atoms with van der Waals surface area (Å²) in [5.74, 6) is -0.200. The van der Waals surface area contributed by atoms with Gasteiger partial charge in [-0.15, -0.1) is 0 Å². The molecule has 0 radical (unpaired) electrons. The maximum atomic E-state index is 12.8. The van der Waals surface area contributed by atoms with Crippen molar-refractivity contribution >= 4 is 17.0 Å². The number of likely N-dealkylation sites (N-methyl/N-ethyl adjacent to an activating group) is 2. The molecule has 0 aliphatic heterocycles. The summed E-state index contributed by atoms with van der Waals surface area (Å²) in [5, 5.41) is 11.3. The number of aromatic nitrogens is 3. The Hall–Kier alpha value is -3.76. The molecule has 0 aliphatic carbocycles. The van der Waals surface area contributed by atoms with Crippen LogP contribution in [-0.2, 0) is 11.0 Å². The summed E-state index contributed by atoms with van der Waals surface area (Å²) in [6.07, 6.45) is -1.09. The number of carbonyl (C=O) groups is 1. The lowest BCUT2D eigenvalue weighted by Gasteiger charge is -2.14. The number of halogens is 3. The van der Waals surface area contributed by atoms with Crippen LogP contribution in [0.3, 0.4) is 0 Å². The van der Waals surface area contributed by atoms with E-state index in [1.54, 1.807) is 0 Å². The number of alkyl halides is 3. The summed E-state index contributed by atoms with van der Waals surface area (Å²) in [6, 6.07) is 15.1. The number of hydrogen-bond acceptors (Lipinski definition) is 5. The summed E-state index contributed by atoms with van der Waals surface area (Å²) in [6.45, 7) is 8.59. The molecule has 0 aliphatic rings. The fraction of sp³-hybridized carbons (Fsp3) is 0.367. The van der Waals surface area contributed by atoms with E-state index in [0.717, 1.165) is 47.6 Å². The number of aliphatic carboxylic acids is 1. The van der Waals surface area contributed by atoms with E-state index in [0.29, 0.717) is 23.4 Å². The summed E-state index contributed by atoms with van der Waals surface area (Å²) in [7, 11) is 3.80. The molecule has 10 heteroatoms. The third-order valence-electron chi connectivity index (χ3n) is 5.66. The van der Waals surface area contributed by atoms with E-state index >= 15 is 0 Å². The number of fused-ring (bicyclic) bond motifs is 1. The zero-order chi connectivity index (χ0) is 29.7. The molecular weight excluding hydrogens is 519 g/mol. The standard InChI is InChI=1S/C20H14F3N3.C7H16N2O2.C3H8/c1-12-2-3-15(11-24-12)13-4-6-14(7-5-13)19-25-17-9-8-16(20(21,22)23)10-18(17)26-19;1-8-4-6-9(2)5-3-7(10)11;1-3-2/h2-11H,1H3,(H,25,26);8H,3-6H2,1-2H3,(H,10,11);3H2,1-2H3. The number of aromatic amines is 1. The monoisotopic (exact) mass is 557 g/mol. The highest BCUT2D eigenvalue weighted by Crippen LogP contribution is 2.32. The molecule has 2 aromatic carbocycles. The molecule has 0 saturated heterocycles. The highest BCUT2D eigenvalue weighted by molar-refractivity contribution is 5.80. The lowest BCUT2D eigenvalue weighted by atomic mass is 10.1. The number of carboxylic acids is 1. The Morgan fingerprint density at radius 1 is 1.00 bits per heavy atom. The summed E-state index contributed by atoms with van der Waals surface area (Å²) in [5.41, 5.74) is 3.94. The minimum absolute atomic E-state index is 0.222. The van der Waals surface area contributed by atoms with Gasteiger partial charge in [0.15, 0.2) is 0 Å². The van der Waals surface area contributed by atoms with Crippen molar-refractivity contribution in [3.05, 3.63) is 72.1 Å². The zero-order valence-electron chi connectivity index (χ0n) is 23.6. The van der Waals surface area contributed by atoms with Gasteiger partial charge in [-0.3, -0.25) is 9.78 Å². The van der Waals surface area contributed by atoms with Crippen LogP contribution in [0.25, 0.3) is 33.5 Å². The Morgan fingerprint density at radius 2 is 1.62 bits per heavy atom. The van der Waals surface area contributed by atoms with Crippen LogP contribution < -0.4 is 5.32 Å². The van der Waals surface area contributed by atoms with Crippen molar-refractivity contribution in [2.24, 2.45) is 0 Å². The van der Waals surface area contributed by atoms with E-state index in [9.17, 15) is 18.0 Å². The number of carboxylic acid groups (broad SMARTS) is 1. The number of nitrogens with zero attached hydrogens (tertiary/aromatic N) is 3. The van der Waals surface area contributed by atoms with Crippen molar-refractivity contribution in [1.29, 1.82) is 0 Å². The molecule has 2 aromatic heterocycles. The van der Waals surface area contributed by atoms with Gasteiger partial charge >= 0.3 is 12.1 Å². The van der Waals surface area contributed by atoms with Crippen molar-refractivity contribution in [3.63, 3.8) is 0 Å². The maximum Gasteiger partial charge on any atom is 0.416 e. The number of rotatable bonds is 8. The zero-order valence-corrected chi connectivity index (χ0v) is 23.6. The van der Waals surface area contributed by atoms with Crippen molar-refractivity contribution in [1.82, 2.24) is 25.2 Å². The number of hydrogen-bond donors (Lipinski definition) is 3. The molecule has 0 amide bonds. The Balaban J connectivity index is 0.000000338. The Kier molecular flexibility index (Phi) is 12.8. The fourth-order valence-corrected chi connectivity index (χ4v) is 3.48. The first-order valence-electron chi connectivity index (χ1n) is 13.1. The average Bonchev–Trinajstić information content (AvgIpc) is 3.35. The van der Waals surface area contributed by atoms with E-state index in [4.69, 9.17) is 5.11 Å². The van der Waals surface area contributed by atoms with E-state index in [1.807, 2.05) is 68.5 Å². The number of pyridine rings is 1. The average molecular weight is 558 g/mol. The molecule has 7 nitrogen and oxygen atoms in total. The molecule has 0 fully saturated rings. The second kappa shape index (κ2) is 15.7. The Bertz CT molecular complexity index is 1320. The lowest BCUT2D eigenvalue weighted by Crippen LogP contribution is -2.29. The van der Waals surface area contributed by atoms with Crippen LogP contribution in [0.2, 0.25) is 0 Å². The van der Waals surface area contributed by atoms with Gasteiger partial charge in [0.25, 0.3) is 0 Å². The second-order valence-electron chi connectivity index (χ2n) is 9.34. The van der Waals surface area contributed by atoms with Gasteiger partial charge in [-0.25, -0.2) is 4.98 Å². The first-order valence-corrected chi connectivity index (χ1v) is 13.1. The van der Waals surface area contributed by atoms with Crippen molar-refractivity contribution in [3.8, 4) is 22.5 Å². The summed E-state index contributed by atoms with van der Waals surface area (Å²) in [4.78, 5) is 23.8. The Labute approximate surface area is 233 Å². The molecule has 2 heterocycles. The van der Waals surface area contributed by atoms with Crippen LogP contribution >= 0.6 is 0 Å². The number of benzene rings is 2. The predicted octanol–water partition coefficient (Wildman–Crippen LogP) is 6.65. The topological polar surface area (TPSA) is 94.1 Å². The molecular formula is C30H38F3N5O2. The number of aryl methyl sites for hydroxylation is 1. The molecule has 4 aromatic rings. The molecule has 0 bridgehead atoms. The predicted molar refractivity (Wildman–Crippen MR) is 154 cm³/mol. The minimum Gasteiger partial charge on any atom is -0.481 e. The van der Waals surface area contributed by atoms with Gasteiger partial charge < -0.3 is 20.3 Å². The van der Waals surface area contributed by atoms with E-state index < -0.39 is 17.7 Å². The highest BCUT2D eigenvalue weighted by atomic mass is 19.4. The molecule has 0 spiro atoms. The molecule has 4 rings (SSSR count). The van der Waals surface area contributed by atoms with E-state index in [2.05, 4.69) is 34.1 Å². The molecule has 216 valence electrons. The van der Waals surface area contributed by atoms with Crippen LogP contribution in [-0.4, -0.2) is 64.7 Å². The fourth-order valence-electron chi connectivity index (χ4n) is 3.48. The highest BCUT2D eigenvalue weighted by Gasteiger charge is 2.30. The van der Waals surface area contributed by atoms with Crippen LogP contribution in [0.4, 0.5) is 13.2 Å². The normalized spacial score (nSPS) is 11.0. The van der Waals surface area contributed by atoms with E-state index in [-0.39, 0.29) is 6.42 Å². The van der Waals surface area contributed by atoms with Crippen LogP contribution in [0, 0.1) is 6.92 Å². The number of nitrogens with one attached hydrogen (secondary N) is 2. The summed E-state index contributed by atoms with van der Waals surface area (Å²) < 4.78 is 38.5. The van der Waals surface area contributed by atoms with Crippen LogP contribution in [0.5, 0.6) is 0 Å². The smallest absolute Gasteiger partial charge is 0.416 e. The molecule has 0 atom stereocenters. The van der Waals surface area contributed by atoms with Gasteiger partial charge in [0, 0.05) is 42.7 Å². The minimum atomic E-state index is -4.37. The van der Waals surface area contributed by atoms with Crippen LogP contribution in [0.15, 0.2) is 60.8 Å². The van der Waals surface area contributed by atoms with Crippen molar-refractivity contribution in [2.45, 2.75) is 39.8 Å². The van der Waals surface area contributed by atoms with E-state index in [1.165, 1.54) is 12.5 Å². The van der Waals surface area contributed by atoms with Gasteiger partial charge in [-0.05, 0) is 50.8 Å². The largest absolute Gasteiger partial charge is 0.481 e. The van der Waals surface area contributed by atoms with Gasteiger partial charge in [0.05, 0.1) is 23.0 Å². The first kappa shape index (κ1) is 32.5. The second-order valence-corrected chi connectivity index (χ2v) is 9.34. The molecule has 0 unspecified atom stereocenters. The van der Waals surface area contributed by atoms with Gasteiger partial charge in [0.2, 0.25) is 0 Å². The third-order valence-corrected chi connectivity index (χ3v) is 5.66. The van der Waals surface area contributed by atoms with Gasteiger partial charge in [0.1, 0.15) is 5.82 Å². The Morgan fingerprint density at radius 3 is 2.17 bits per heavy atom. The third kappa shape index (κ3) is 10.4.